The maximum absolute atomic E-state index is 13.4. The lowest BCUT2D eigenvalue weighted by molar-refractivity contribution is -0.115. The summed E-state index contributed by atoms with van der Waals surface area (Å²) in [4.78, 5) is 14.3. The monoisotopic (exact) mass is 451 g/mol. The number of rotatable bonds is 7. The molecule has 0 aliphatic carbocycles. The molecule has 0 saturated carbocycles. The van der Waals surface area contributed by atoms with E-state index in [0.717, 1.165) is 16.0 Å². The fourth-order valence-electron chi connectivity index (χ4n) is 3.06. The number of hydrogen-bond acceptors (Lipinski definition) is 7. The van der Waals surface area contributed by atoms with Crippen molar-refractivity contribution in [2.24, 2.45) is 0 Å². The number of hydrogen-bond donors (Lipinski definition) is 2. The van der Waals surface area contributed by atoms with Crippen LogP contribution in [0.3, 0.4) is 0 Å². The smallest absolute Gasteiger partial charge is 0.242 e. The van der Waals surface area contributed by atoms with E-state index in [4.69, 9.17) is 10.6 Å². The molecule has 2 aromatic carbocycles. The van der Waals surface area contributed by atoms with Crippen molar-refractivity contribution in [2.45, 2.75) is 17.3 Å². The van der Waals surface area contributed by atoms with Gasteiger partial charge in [-0.15, -0.1) is 21.5 Å². The summed E-state index contributed by atoms with van der Waals surface area (Å²) in [5.74, 6) is 7.21. The van der Waals surface area contributed by atoms with Crippen LogP contribution in [0.4, 0.5) is 5.69 Å². The highest BCUT2D eigenvalue weighted by atomic mass is 32.2. The first kappa shape index (κ1) is 21.0. The SMILES string of the molecule is COc1ccc(C)cc1NC(=O)[C@H](Sc1nnc(-c2cccs2)n1N)c1ccccc1. The molecule has 4 rings (SSSR count). The van der Waals surface area contributed by atoms with Gasteiger partial charge in [0.15, 0.2) is 5.82 Å². The van der Waals surface area contributed by atoms with Gasteiger partial charge in [0.25, 0.3) is 0 Å². The third-order valence-electron chi connectivity index (χ3n) is 4.58. The van der Waals surface area contributed by atoms with Crippen LogP contribution in [-0.2, 0) is 4.79 Å². The van der Waals surface area contributed by atoms with Gasteiger partial charge in [-0.1, -0.05) is 54.2 Å². The summed E-state index contributed by atoms with van der Waals surface area (Å²) in [5, 5.41) is 13.2. The highest BCUT2D eigenvalue weighted by Crippen LogP contribution is 2.37. The maximum atomic E-state index is 13.4. The van der Waals surface area contributed by atoms with E-state index in [0.29, 0.717) is 22.4 Å². The first-order valence-corrected chi connectivity index (χ1v) is 11.2. The number of aromatic nitrogens is 3. The number of carbonyl (C=O) groups is 1. The van der Waals surface area contributed by atoms with Gasteiger partial charge in [0.05, 0.1) is 17.7 Å². The Morgan fingerprint density at radius 1 is 1.16 bits per heavy atom. The molecule has 0 aliphatic rings. The van der Waals surface area contributed by atoms with Crippen LogP contribution in [0.15, 0.2) is 71.2 Å². The van der Waals surface area contributed by atoms with Crippen LogP contribution in [0.2, 0.25) is 0 Å². The van der Waals surface area contributed by atoms with E-state index >= 15 is 0 Å². The van der Waals surface area contributed by atoms with Crippen LogP contribution >= 0.6 is 23.1 Å². The molecule has 1 atom stereocenters. The Bertz CT molecular complexity index is 1180. The van der Waals surface area contributed by atoms with Crippen molar-refractivity contribution in [2.75, 3.05) is 18.3 Å². The Balaban J connectivity index is 1.65. The molecule has 0 fully saturated rings. The lowest BCUT2D eigenvalue weighted by Crippen LogP contribution is -2.21. The average Bonchev–Trinajstić information content (AvgIpc) is 3.42. The number of benzene rings is 2. The van der Waals surface area contributed by atoms with Crippen molar-refractivity contribution in [1.29, 1.82) is 0 Å². The van der Waals surface area contributed by atoms with Gasteiger partial charge in [-0.25, -0.2) is 4.68 Å². The van der Waals surface area contributed by atoms with E-state index < -0.39 is 5.25 Å². The second-order valence-corrected chi connectivity index (χ2v) is 8.77. The Labute approximate surface area is 188 Å². The van der Waals surface area contributed by atoms with Crippen molar-refractivity contribution in [3.63, 3.8) is 0 Å². The lowest BCUT2D eigenvalue weighted by Gasteiger charge is -2.18. The molecule has 0 aliphatic heterocycles. The molecule has 7 nitrogen and oxygen atoms in total. The first-order chi connectivity index (χ1) is 15.1. The molecular weight excluding hydrogens is 430 g/mol. The first-order valence-electron chi connectivity index (χ1n) is 9.48. The number of methoxy groups -OCH3 is 1. The van der Waals surface area contributed by atoms with Crippen molar-refractivity contribution >= 4 is 34.7 Å². The molecule has 1 amide bonds. The molecule has 0 spiro atoms. The predicted octanol–water partition coefficient (Wildman–Crippen LogP) is 4.51. The summed E-state index contributed by atoms with van der Waals surface area (Å²) in [5.41, 5.74) is 2.46. The number of amides is 1. The molecule has 2 aromatic heterocycles. The molecule has 2 heterocycles. The minimum absolute atomic E-state index is 0.208. The van der Waals surface area contributed by atoms with Gasteiger partial charge in [0.2, 0.25) is 11.1 Å². The lowest BCUT2D eigenvalue weighted by atomic mass is 10.1. The number of thioether (sulfide) groups is 1. The molecule has 0 unspecified atom stereocenters. The van der Waals surface area contributed by atoms with E-state index in [9.17, 15) is 4.79 Å². The minimum Gasteiger partial charge on any atom is -0.495 e. The summed E-state index contributed by atoms with van der Waals surface area (Å²) >= 11 is 2.77. The number of nitrogens with two attached hydrogens (primary N) is 1. The van der Waals surface area contributed by atoms with Crippen LogP contribution in [0.25, 0.3) is 10.7 Å². The summed E-state index contributed by atoms with van der Waals surface area (Å²) in [6, 6.07) is 19.0. The zero-order chi connectivity index (χ0) is 21.8. The van der Waals surface area contributed by atoms with Gasteiger partial charge in [-0.05, 0) is 41.6 Å². The number of aryl methyl sites for hydroxylation is 1. The van der Waals surface area contributed by atoms with E-state index in [1.807, 2.05) is 73.0 Å². The van der Waals surface area contributed by atoms with Gasteiger partial charge in [0.1, 0.15) is 11.0 Å². The fourth-order valence-corrected chi connectivity index (χ4v) is 4.72. The molecule has 3 N–H and O–H groups in total. The quantitative estimate of drug-likeness (QED) is 0.317. The molecule has 31 heavy (non-hydrogen) atoms. The third kappa shape index (κ3) is 4.57. The van der Waals surface area contributed by atoms with Crippen LogP contribution in [-0.4, -0.2) is 27.9 Å². The van der Waals surface area contributed by atoms with Gasteiger partial charge in [0, 0.05) is 0 Å². The molecule has 158 valence electrons. The second kappa shape index (κ2) is 9.23. The minimum atomic E-state index is -0.589. The summed E-state index contributed by atoms with van der Waals surface area (Å²) in [7, 11) is 1.58. The summed E-state index contributed by atoms with van der Waals surface area (Å²) in [6.07, 6.45) is 0. The predicted molar refractivity (Wildman–Crippen MR) is 125 cm³/mol. The summed E-state index contributed by atoms with van der Waals surface area (Å²) in [6.45, 7) is 1.96. The number of nitrogens with one attached hydrogen (secondary N) is 1. The molecule has 0 saturated heterocycles. The second-order valence-electron chi connectivity index (χ2n) is 6.76. The molecular formula is C22H21N5O2S2. The standard InChI is InChI=1S/C22H21N5O2S2/c1-14-10-11-17(29-2)16(13-14)24-21(28)19(15-7-4-3-5-8-15)31-22-26-25-20(27(22)23)18-9-6-12-30-18/h3-13,19H,23H2,1-2H3,(H,24,28)/t19-/m1/s1. The van der Waals surface area contributed by atoms with Crippen molar-refractivity contribution in [3.05, 3.63) is 77.2 Å². The van der Waals surface area contributed by atoms with E-state index in [-0.39, 0.29) is 5.91 Å². The number of carbonyl (C=O) groups excluding carboxylic acids is 1. The largest absolute Gasteiger partial charge is 0.495 e. The number of thiophene rings is 1. The van der Waals surface area contributed by atoms with Gasteiger partial charge in [-0.2, -0.15) is 0 Å². The summed E-state index contributed by atoms with van der Waals surface area (Å²) < 4.78 is 6.83. The van der Waals surface area contributed by atoms with E-state index in [1.54, 1.807) is 7.11 Å². The van der Waals surface area contributed by atoms with Gasteiger partial charge < -0.3 is 15.9 Å². The Morgan fingerprint density at radius 2 is 1.97 bits per heavy atom. The third-order valence-corrected chi connectivity index (χ3v) is 6.66. The topological polar surface area (TPSA) is 95.1 Å². The van der Waals surface area contributed by atoms with Gasteiger partial charge >= 0.3 is 0 Å². The van der Waals surface area contributed by atoms with Crippen LogP contribution in [0.5, 0.6) is 5.75 Å². The van der Waals surface area contributed by atoms with Crippen molar-refractivity contribution < 1.29 is 9.53 Å². The molecule has 4 aromatic rings. The fraction of sp³-hybridized carbons (Fsp3) is 0.136. The van der Waals surface area contributed by atoms with Crippen LogP contribution in [0, 0.1) is 6.92 Å². The Kier molecular flexibility index (Phi) is 6.24. The van der Waals surface area contributed by atoms with E-state index in [2.05, 4.69) is 15.5 Å². The average molecular weight is 452 g/mol. The Hall–Kier alpha value is -3.30. The van der Waals surface area contributed by atoms with Crippen LogP contribution in [0.1, 0.15) is 16.4 Å². The number of nitrogens with zero attached hydrogens (tertiary/aromatic N) is 3. The highest BCUT2D eigenvalue weighted by Gasteiger charge is 2.26. The van der Waals surface area contributed by atoms with E-state index in [1.165, 1.54) is 27.8 Å². The molecule has 9 heteroatoms. The molecule has 0 radical (unpaired) electrons. The van der Waals surface area contributed by atoms with Gasteiger partial charge in [-0.3, -0.25) is 4.79 Å². The zero-order valence-corrected chi connectivity index (χ0v) is 18.6. The normalized spacial score (nSPS) is 11.8. The van der Waals surface area contributed by atoms with Crippen LogP contribution < -0.4 is 15.9 Å². The maximum Gasteiger partial charge on any atom is 0.242 e. The number of anilines is 1. The highest BCUT2D eigenvalue weighted by molar-refractivity contribution is 8.00. The van der Waals surface area contributed by atoms with Crippen molar-refractivity contribution in [3.8, 4) is 16.5 Å². The number of ether oxygens (including phenoxy) is 1. The Morgan fingerprint density at radius 3 is 2.68 bits per heavy atom. The van der Waals surface area contributed by atoms with Crippen molar-refractivity contribution in [1.82, 2.24) is 14.9 Å². The number of nitrogen functional groups attached to an aromatic ring is 1. The zero-order valence-electron chi connectivity index (χ0n) is 17.0. The molecule has 0 bridgehead atoms.